The molecule has 0 radical (unpaired) electrons. The van der Waals surface area contributed by atoms with Crippen molar-refractivity contribution >= 4 is 23.1 Å². The first kappa shape index (κ1) is 28.4. The highest BCUT2D eigenvalue weighted by Crippen LogP contribution is 2.22. The summed E-state index contributed by atoms with van der Waals surface area (Å²) in [5.41, 5.74) is 2.02. The molecule has 0 aliphatic rings. The van der Waals surface area contributed by atoms with Crippen LogP contribution in [0.1, 0.15) is 114 Å². The van der Waals surface area contributed by atoms with E-state index in [4.69, 9.17) is 4.74 Å². The van der Waals surface area contributed by atoms with Gasteiger partial charge in [0, 0.05) is 18.4 Å². The van der Waals surface area contributed by atoms with E-state index in [1.165, 1.54) is 64.2 Å². The number of hydrogen-bond acceptors (Lipinski definition) is 5. The van der Waals surface area contributed by atoms with Crippen molar-refractivity contribution in [3.05, 3.63) is 54.1 Å². The highest BCUT2D eigenvalue weighted by atomic mass is 16.5. The molecule has 0 aliphatic heterocycles. The van der Waals surface area contributed by atoms with E-state index < -0.39 is 0 Å². The molecule has 2 rings (SSSR count). The molecule has 190 valence electrons. The molecule has 0 N–H and O–H groups in total. The lowest BCUT2D eigenvalue weighted by Crippen LogP contribution is -2.07. The first-order valence-corrected chi connectivity index (χ1v) is 13.5. The average Bonchev–Trinajstić information content (AvgIpc) is 2.88. The minimum Gasteiger partial charge on any atom is -0.427 e. The largest absolute Gasteiger partial charge is 0.427 e. The van der Waals surface area contributed by atoms with Crippen molar-refractivity contribution in [3.8, 4) is 5.75 Å². The molecule has 0 fully saturated rings. The smallest absolute Gasteiger partial charge is 0.311 e. The summed E-state index contributed by atoms with van der Waals surface area (Å²) < 4.78 is 5.44. The van der Waals surface area contributed by atoms with Crippen molar-refractivity contribution in [2.75, 3.05) is 0 Å². The van der Waals surface area contributed by atoms with Crippen LogP contribution in [0.5, 0.6) is 5.75 Å². The topological polar surface area (TPSA) is 68.1 Å². The summed E-state index contributed by atoms with van der Waals surface area (Å²) in [7, 11) is 0. The van der Waals surface area contributed by atoms with E-state index in [1.807, 2.05) is 6.92 Å². The number of ketones is 1. The second-order valence-corrected chi connectivity index (χ2v) is 9.13. The molecular weight excluding hydrogens is 436 g/mol. The van der Waals surface area contributed by atoms with Crippen molar-refractivity contribution in [3.63, 3.8) is 0 Å². The van der Waals surface area contributed by atoms with Gasteiger partial charge in [-0.3, -0.25) is 9.59 Å². The molecule has 0 amide bonds. The fourth-order valence-electron chi connectivity index (χ4n) is 3.91. The van der Waals surface area contributed by atoms with Gasteiger partial charge in [-0.25, -0.2) is 0 Å². The molecule has 0 heterocycles. The molecule has 0 atom stereocenters. The number of nitrogens with zero attached hydrogens (tertiary/aromatic N) is 2. The zero-order valence-corrected chi connectivity index (χ0v) is 21.6. The van der Waals surface area contributed by atoms with Gasteiger partial charge in [-0.2, -0.15) is 10.2 Å². The molecule has 0 bridgehead atoms. The summed E-state index contributed by atoms with van der Waals surface area (Å²) in [5, 5.41) is 8.40. The second kappa shape index (κ2) is 17.6. The number of ether oxygens (including phenoxy) is 1. The molecule has 2 aromatic carbocycles. The van der Waals surface area contributed by atoms with Gasteiger partial charge in [0.15, 0.2) is 5.78 Å². The third-order valence-corrected chi connectivity index (χ3v) is 6.09. The monoisotopic (exact) mass is 478 g/mol. The van der Waals surface area contributed by atoms with Gasteiger partial charge < -0.3 is 4.74 Å². The third kappa shape index (κ3) is 12.4. The molecule has 0 unspecified atom stereocenters. The van der Waals surface area contributed by atoms with Crippen LogP contribution in [0.15, 0.2) is 58.8 Å². The molecule has 2 aromatic rings. The van der Waals surface area contributed by atoms with Gasteiger partial charge in [0.1, 0.15) is 5.75 Å². The minimum absolute atomic E-state index is 0.109. The Morgan fingerprint density at radius 3 is 1.57 bits per heavy atom. The molecule has 0 saturated carbocycles. The Labute approximate surface area is 211 Å². The summed E-state index contributed by atoms with van der Waals surface area (Å²) in [6, 6.07) is 14.1. The first-order chi connectivity index (χ1) is 17.1. The second-order valence-electron chi connectivity index (χ2n) is 9.13. The summed E-state index contributed by atoms with van der Waals surface area (Å²) >= 11 is 0. The number of benzene rings is 2. The predicted molar refractivity (Wildman–Crippen MR) is 143 cm³/mol. The molecule has 0 saturated heterocycles. The maximum absolute atomic E-state index is 12.1. The number of rotatable bonds is 18. The standard InChI is InChI=1S/C30H42N2O3/c1-3-5-6-7-8-9-10-11-12-13-14-15-16-30(34)35-28-23-21-27(22-24-28)32-31-26-19-17-25(18-20-26)29(33)4-2/h17-24H,3-16H2,1-2H3. The zero-order chi connectivity index (χ0) is 25.1. The lowest BCUT2D eigenvalue weighted by atomic mass is 10.0. The van der Waals surface area contributed by atoms with Gasteiger partial charge in [0.2, 0.25) is 0 Å². The van der Waals surface area contributed by atoms with E-state index in [9.17, 15) is 9.59 Å². The molecule has 5 nitrogen and oxygen atoms in total. The summed E-state index contributed by atoms with van der Waals surface area (Å²) in [6.45, 7) is 4.10. The van der Waals surface area contributed by atoms with E-state index in [0.29, 0.717) is 35.5 Å². The van der Waals surface area contributed by atoms with Gasteiger partial charge >= 0.3 is 5.97 Å². The average molecular weight is 479 g/mol. The Balaban J connectivity index is 1.57. The summed E-state index contributed by atoms with van der Waals surface area (Å²) in [4.78, 5) is 23.8. The Morgan fingerprint density at radius 1 is 0.629 bits per heavy atom. The fraction of sp³-hybridized carbons (Fsp3) is 0.533. The number of carbonyl (C=O) groups is 2. The van der Waals surface area contributed by atoms with Crippen molar-refractivity contribution in [1.82, 2.24) is 0 Å². The Morgan fingerprint density at radius 2 is 1.09 bits per heavy atom. The molecule has 0 aromatic heterocycles. The number of esters is 1. The molecule has 0 spiro atoms. The normalized spacial score (nSPS) is 11.1. The highest BCUT2D eigenvalue weighted by Gasteiger charge is 2.05. The van der Waals surface area contributed by atoms with Gasteiger partial charge in [-0.1, -0.05) is 84.5 Å². The minimum atomic E-state index is -0.187. The maximum Gasteiger partial charge on any atom is 0.311 e. The number of Topliss-reactive ketones (excluding diaryl/α,β-unsaturated/α-hetero) is 1. The van der Waals surface area contributed by atoms with Crippen molar-refractivity contribution in [2.24, 2.45) is 10.2 Å². The van der Waals surface area contributed by atoms with Crippen LogP contribution in [-0.2, 0) is 4.79 Å². The molecule has 0 aliphatic carbocycles. The van der Waals surface area contributed by atoms with Crippen LogP contribution in [0.3, 0.4) is 0 Å². The van der Waals surface area contributed by atoms with Crippen LogP contribution in [0.4, 0.5) is 11.4 Å². The van der Waals surface area contributed by atoms with Crippen LogP contribution < -0.4 is 4.74 Å². The van der Waals surface area contributed by atoms with Crippen LogP contribution >= 0.6 is 0 Å². The van der Waals surface area contributed by atoms with Crippen LogP contribution in [0, 0.1) is 0 Å². The van der Waals surface area contributed by atoms with E-state index in [1.54, 1.807) is 48.5 Å². The number of azo groups is 1. The van der Waals surface area contributed by atoms with Crippen LogP contribution in [-0.4, -0.2) is 11.8 Å². The number of hydrogen-bond donors (Lipinski definition) is 0. The molecule has 35 heavy (non-hydrogen) atoms. The van der Waals surface area contributed by atoms with E-state index in [-0.39, 0.29) is 11.8 Å². The first-order valence-electron chi connectivity index (χ1n) is 13.5. The quantitative estimate of drug-likeness (QED) is 0.0704. The maximum atomic E-state index is 12.1. The van der Waals surface area contributed by atoms with E-state index in [2.05, 4.69) is 17.2 Å². The third-order valence-electron chi connectivity index (χ3n) is 6.09. The van der Waals surface area contributed by atoms with E-state index in [0.717, 1.165) is 12.8 Å². The summed E-state index contributed by atoms with van der Waals surface area (Å²) in [5.74, 6) is 0.445. The fourth-order valence-corrected chi connectivity index (χ4v) is 3.91. The Bertz CT molecular complexity index is 889. The van der Waals surface area contributed by atoms with Crippen molar-refractivity contribution < 1.29 is 14.3 Å². The molecular formula is C30H42N2O3. The number of carbonyl (C=O) groups excluding carboxylic acids is 2. The van der Waals surface area contributed by atoms with E-state index >= 15 is 0 Å². The zero-order valence-electron chi connectivity index (χ0n) is 21.6. The Hall–Kier alpha value is -2.82. The lowest BCUT2D eigenvalue weighted by Gasteiger charge is -2.05. The van der Waals surface area contributed by atoms with Crippen molar-refractivity contribution in [1.29, 1.82) is 0 Å². The van der Waals surface area contributed by atoms with Crippen LogP contribution in [0.2, 0.25) is 0 Å². The lowest BCUT2D eigenvalue weighted by molar-refractivity contribution is -0.134. The Kier molecular flexibility index (Phi) is 14.3. The van der Waals surface area contributed by atoms with Gasteiger partial charge in [0.05, 0.1) is 11.4 Å². The SMILES string of the molecule is CCCCCCCCCCCCCCC(=O)Oc1ccc(N=Nc2ccc(C(=O)CC)cc2)cc1. The molecule has 5 heteroatoms. The highest BCUT2D eigenvalue weighted by molar-refractivity contribution is 5.96. The summed E-state index contributed by atoms with van der Waals surface area (Å²) in [6.07, 6.45) is 16.2. The van der Waals surface area contributed by atoms with Crippen molar-refractivity contribution in [2.45, 2.75) is 104 Å². The predicted octanol–water partition coefficient (Wildman–Crippen LogP) is 9.69. The van der Waals surface area contributed by atoms with Gasteiger partial charge in [0.25, 0.3) is 0 Å². The van der Waals surface area contributed by atoms with Gasteiger partial charge in [-0.15, -0.1) is 0 Å². The van der Waals surface area contributed by atoms with Crippen LogP contribution in [0.25, 0.3) is 0 Å². The number of unbranched alkanes of at least 4 members (excludes halogenated alkanes) is 11. The van der Waals surface area contributed by atoms with Gasteiger partial charge in [-0.05, 0) is 55.0 Å².